The normalized spacial score (nSPS) is 12.4. The van der Waals surface area contributed by atoms with E-state index in [0.29, 0.717) is 0 Å². The highest BCUT2D eigenvalue weighted by atomic mass is 35.5. The highest BCUT2D eigenvalue weighted by Crippen LogP contribution is 2.27. The fraction of sp³-hybridized carbons (Fsp3) is 0.143. The van der Waals surface area contributed by atoms with E-state index in [-0.39, 0.29) is 28.3 Å². The van der Waals surface area contributed by atoms with E-state index < -0.39 is 17.7 Å². The molecule has 19 heavy (non-hydrogen) atoms. The van der Waals surface area contributed by atoms with Crippen molar-refractivity contribution in [1.29, 1.82) is 0 Å². The summed E-state index contributed by atoms with van der Waals surface area (Å²) in [5.41, 5.74) is 6.41. The Morgan fingerprint density at radius 1 is 1.21 bits per heavy atom. The van der Waals surface area contributed by atoms with E-state index in [4.69, 9.17) is 17.3 Å². The second kappa shape index (κ2) is 5.55. The van der Waals surface area contributed by atoms with Crippen LogP contribution in [0.4, 0.5) is 14.5 Å². The monoisotopic (exact) mass is 283 g/mol. The molecule has 2 nitrogen and oxygen atoms in total. The van der Waals surface area contributed by atoms with Gasteiger partial charge < -0.3 is 10.8 Å². The van der Waals surface area contributed by atoms with Crippen molar-refractivity contribution in [2.24, 2.45) is 0 Å². The smallest absolute Gasteiger partial charge is 0.145 e. The summed E-state index contributed by atoms with van der Waals surface area (Å²) in [5.74, 6) is -1.09. The Kier molecular flexibility index (Phi) is 4.02. The molecule has 0 spiro atoms. The van der Waals surface area contributed by atoms with Crippen LogP contribution < -0.4 is 5.73 Å². The average molecular weight is 284 g/mol. The molecule has 0 heterocycles. The summed E-state index contributed by atoms with van der Waals surface area (Å²) in [6.07, 6.45) is -1.12. The zero-order valence-electron chi connectivity index (χ0n) is 9.91. The van der Waals surface area contributed by atoms with Gasteiger partial charge in [-0.25, -0.2) is 8.78 Å². The molecular weight excluding hydrogens is 272 g/mol. The summed E-state index contributed by atoms with van der Waals surface area (Å²) >= 11 is 5.66. The Hall–Kier alpha value is -1.65. The topological polar surface area (TPSA) is 46.2 Å². The molecule has 5 heteroatoms. The maximum absolute atomic E-state index is 13.7. The summed E-state index contributed by atoms with van der Waals surface area (Å²) < 4.78 is 26.8. The van der Waals surface area contributed by atoms with Gasteiger partial charge in [0.05, 0.1) is 11.1 Å². The summed E-state index contributed by atoms with van der Waals surface area (Å²) in [6.45, 7) is 0. The van der Waals surface area contributed by atoms with E-state index >= 15 is 0 Å². The molecule has 0 amide bonds. The van der Waals surface area contributed by atoms with Gasteiger partial charge in [-0.15, -0.1) is 0 Å². The molecule has 0 radical (unpaired) electrons. The minimum atomic E-state index is -1.09. The first-order chi connectivity index (χ1) is 8.99. The molecule has 0 saturated carbocycles. The molecule has 2 aromatic carbocycles. The maximum atomic E-state index is 13.7. The molecule has 1 atom stereocenters. The van der Waals surface area contributed by atoms with Crippen molar-refractivity contribution in [2.45, 2.75) is 12.5 Å². The minimum Gasteiger partial charge on any atom is -0.398 e. The quantitative estimate of drug-likeness (QED) is 0.847. The van der Waals surface area contributed by atoms with E-state index in [0.717, 1.165) is 6.07 Å². The van der Waals surface area contributed by atoms with E-state index in [1.54, 1.807) is 6.07 Å². The number of aliphatic hydroxyl groups is 1. The second-order valence-corrected chi connectivity index (χ2v) is 4.61. The maximum Gasteiger partial charge on any atom is 0.145 e. The van der Waals surface area contributed by atoms with Gasteiger partial charge in [-0.3, -0.25) is 0 Å². The van der Waals surface area contributed by atoms with Crippen LogP contribution in [0.3, 0.4) is 0 Å². The molecule has 0 bridgehead atoms. The first kappa shape index (κ1) is 13.8. The van der Waals surface area contributed by atoms with Crippen LogP contribution in [0.25, 0.3) is 0 Å². The number of benzene rings is 2. The largest absolute Gasteiger partial charge is 0.398 e. The average Bonchev–Trinajstić information content (AvgIpc) is 2.38. The fourth-order valence-corrected chi connectivity index (χ4v) is 2.05. The molecule has 2 rings (SSSR count). The van der Waals surface area contributed by atoms with Crippen LogP contribution in [0.1, 0.15) is 17.2 Å². The Bertz CT molecular complexity index is 604. The van der Waals surface area contributed by atoms with Gasteiger partial charge in [-0.2, -0.15) is 0 Å². The van der Waals surface area contributed by atoms with Crippen molar-refractivity contribution >= 4 is 17.3 Å². The number of halogens is 3. The Labute approximate surface area is 114 Å². The number of aliphatic hydroxyl groups excluding tert-OH is 1. The predicted octanol–water partition coefficient (Wildman–Crippen LogP) is 3.48. The Morgan fingerprint density at radius 2 is 1.95 bits per heavy atom. The number of nitrogen functional groups attached to an aromatic ring is 1. The van der Waals surface area contributed by atoms with Gasteiger partial charge in [0.1, 0.15) is 11.6 Å². The van der Waals surface area contributed by atoms with E-state index in [1.807, 2.05) is 0 Å². The second-order valence-electron chi connectivity index (χ2n) is 4.21. The third kappa shape index (κ3) is 3.03. The molecule has 0 aliphatic heterocycles. The van der Waals surface area contributed by atoms with Gasteiger partial charge in [-0.1, -0.05) is 23.7 Å². The zero-order valence-corrected chi connectivity index (χ0v) is 10.7. The molecule has 0 fully saturated rings. The Morgan fingerprint density at radius 3 is 2.68 bits per heavy atom. The number of hydrogen-bond donors (Lipinski definition) is 2. The van der Waals surface area contributed by atoms with Crippen molar-refractivity contribution in [2.75, 3.05) is 5.73 Å². The van der Waals surface area contributed by atoms with Crippen LogP contribution in [0.5, 0.6) is 0 Å². The molecule has 0 saturated heterocycles. The van der Waals surface area contributed by atoms with Crippen molar-refractivity contribution in [3.8, 4) is 0 Å². The molecular formula is C14H12ClF2NO. The highest BCUT2D eigenvalue weighted by molar-refractivity contribution is 6.30. The molecule has 0 aliphatic rings. The number of rotatable bonds is 3. The molecule has 2 aromatic rings. The minimum absolute atomic E-state index is 0.0167. The predicted molar refractivity (Wildman–Crippen MR) is 70.9 cm³/mol. The zero-order chi connectivity index (χ0) is 14.0. The first-order valence-electron chi connectivity index (χ1n) is 5.65. The van der Waals surface area contributed by atoms with Gasteiger partial charge in [0.2, 0.25) is 0 Å². The summed E-state index contributed by atoms with van der Waals surface area (Å²) in [4.78, 5) is 0. The summed E-state index contributed by atoms with van der Waals surface area (Å²) in [7, 11) is 0. The van der Waals surface area contributed by atoms with Crippen LogP contribution in [0.15, 0.2) is 36.4 Å². The molecule has 100 valence electrons. The van der Waals surface area contributed by atoms with Crippen molar-refractivity contribution in [1.82, 2.24) is 0 Å². The lowest BCUT2D eigenvalue weighted by Crippen LogP contribution is -2.07. The third-order valence-electron chi connectivity index (χ3n) is 2.85. The highest BCUT2D eigenvalue weighted by Gasteiger charge is 2.16. The lowest BCUT2D eigenvalue weighted by atomic mass is 9.99. The van der Waals surface area contributed by atoms with Gasteiger partial charge in [0, 0.05) is 17.7 Å². The van der Waals surface area contributed by atoms with Crippen LogP contribution >= 0.6 is 11.6 Å². The molecule has 3 N–H and O–H groups in total. The van der Waals surface area contributed by atoms with Crippen LogP contribution in [-0.2, 0) is 6.42 Å². The van der Waals surface area contributed by atoms with Crippen molar-refractivity contribution in [3.63, 3.8) is 0 Å². The van der Waals surface area contributed by atoms with E-state index in [2.05, 4.69) is 0 Å². The molecule has 1 unspecified atom stereocenters. The van der Waals surface area contributed by atoms with E-state index in [9.17, 15) is 13.9 Å². The van der Waals surface area contributed by atoms with Crippen LogP contribution in [0.2, 0.25) is 5.02 Å². The third-order valence-corrected chi connectivity index (χ3v) is 3.14. The van der Waals surface area contributed by atoms with Gasteiger partial charge >= 0.3 is 0 Å². The van der Waals surface area contributed by atoms with Gasteiger partial charge in [0.15, 0.2) is 0 Å². The summed E-state index contributed by atoms with van der Waals surface area (Å²) in [5, 5.41) is 10.0. The van der Waals surface area contributed by atoms with Crippen molar-refractivity contribution < 1.29 is 13.9 Å². The summed E-state index contributed by atoms with van der Waals surface area (Å²) in [6, 6.07) is 8.22. The number of anilines is 1. The number of hydrogen-bond acceptors (Lipinski definition) is 2. The van der Waals surface area contributed by atoms with Gasteiger partial charge in [0.25, 0.3) is 0 Å². The number of nitrogens with two attached hydrogens (primary N) is 1. The van der Waals surface area contributed by atoms with Crippen molar-refractivity contribution in [3.05, 3.63) is 64.2 Å². The lowest BCUT2D eigenvalue weighted by molar-refractivity contribution is 0.177. The van der Waals surface area contributed by atoms with Crippen LogP contribution in [-0.4, -0.2) is 5.11 Å². The fourth-order valence-electron chi connectivity index (χ4n) is 1.86. The Balaban J connectivity index is 2.28. The first-order valence-corrected chi connectivity index (χ1v) is 6.02. The van der Waals surface area contributed by atoms with Crippen LogP contribution in [0, 0.1) is 11.6 Å². The van der Waals surface area contributed by atoms with Gasteiger partial charge in [-0.05, 0) is 29.8 Å². The standard InChI is InChI=1S/C14H12ClF2NO/c15-11-3-1-2-8(14(11)17)6-13(19)10-7-9(16)4-5-12(10)18/h1-5,7,13,19H,6,18H2. The molecule has 0 aromatic heterocycles. The SMILES string of the molecule is Nc1ccc(F)cc1C(O)Cc1cccc(Cl)c1F. The van der Waals surface area contributed by atoms with E-state index in [1.165, 1.54) is 24.3 Å². The molecule has 0 aliphatic carbocycles. The lowest BCUT2D eigenvalue weighted by Gasteiger charge is -2.14.